The zero-order valence-electron chi connectivity index (χ0n) is 52.8. The third-order valence-corrected chi connectivity index (χ3v) is 12.6. The average Bonchev–Trinajstić information content (AvgIpc) is 3.92. The predicted molar refractivity (Wildman–Crippen MR) is 244 cm³/mol. The Morgan fingerprint density at radius 2 is 1.13 bits per heavy atom. The third-order valence-electron chi connectivity index (χ3n) is 10.5. The summed E-state index contributed by atoms with van der Waals surface area (Å²) in [6.07, 6.45) is -17.2. The molecule has 3 aliphatic rings. The van der Waals surface area contributed by atoms with Gasteiger partial charge >= 0.3 is 17.1 Å². The predicted octanol–water partition coefficient (Wildman–Crippen LogP) is 2.24. The van der Waals surface area contributed by atoms with Crippen LogP contribution in [-0.4, -0.2) is 127 Å². The zero-order chi connectivity index (χ0) is 62.6. The first kappa shape index (κ1) is 36.5. The summed E-state index contributed by atoms with van der Waals surface area (Å²) in [4.78, 5) is 76.3. The number of hydrogen-bond donors (Lipinski definition) is 4. The molecule has 3 aromatic rings. The Hall–Kier alpha value is -4.44. The molecular weight excluding hydrogens is 899 g/mol. The van der Waals surface area contributed by atoms with Gasteiger partial charge in [-0.3, -0.25) is 43.0 Å². The quantitative estimate of drug-likeness (QED) is 0.111. The van der Waals surface area contributed by atoms with Gasteiger partial charge in [0.2, 0.25) is 0 Å². The summed E-state index contributed by atoms with van der Waals surface area (Å²) in [5.74, 6) is -0.626. The molecule has 0 aromatic carbocycles. The van der Waals surface area contributed by atoms with Gasteiger partial charge in [-0.25, -0.2) is 19.1 Å². The van der Waals surface area contributed by atoms with Gasteiger partial charge in [-0.15, -0.1) is 0 Å². The van der Waals surface area contributed by atoms with Crippen LogP contribution in [0.3, 0.4) is 0 Å². The van der Waals surface area contributed by atoms with E-state index in [0.717, 1.165) is 51.2 Å². The highest BCUT2D eigenvalue weighted by atomic mass is 31.2. The van der Waals surface area contributed by atoms with Gasteiger partial charge in [0.1, 0.15) is 30.5 Å². The van der Waals surface area contributed by atoms with Crippen LogP contribution in [0.4, 0.5) is 0 Å². The molecular formula is C43H67N8O15P. The highest BCUT2D eigenvalue weighted by Gasteiger charge is 2.49. The molecule has 1 unspecified atom stereocenters. The topological polar surface area (TPSA) is 286 Å². The Morgan fingerprint density at radius 3 is 1.57 bits per heavy atom. The number of nitriles is 1. The Bertz CT molecular complexity index is 2880. The van der Waals surface area contributed by atoms with Crippen molar-refractivity contribution in [3.8, 4) is 6.07 Å². The summed E-state index contributed by atoms with van der Waals surface area (Å²) in [7, 11) is -10.5. The molecule has 6 rings (SSSR count). The van der Waals surface area contributed by atoms with E-state index >= 15 is 0 Å². The summed E-state index contributed by atoms with van der Waals surface area (Å²) < 4.78 is 163. The zero-order valence-corrected chi connectivity index (χ0v) is 38.7. The highest BCUT2D eigenvalue weighted by molar-refractivity contribution is 7.44. The van der Waals surface area contributed by atoms with Gasteiger partial charge in [0.05, 0.1) is 49.7 Å². The molecule has 23 nitrogen and oxygen atoms in total. The maximum Gasteiger partial charge on any atom is 0.330 e. The number of aliphatic hydroxyl groups is 1. The third kappa shape index (κ3) is 13.4. The van der Waals surface area contributed by atoms with Gasteiger partial charge in [-0.05, 0) is 46.8 Å². The van der Waals surface area contributed by atoms with Crippen molar-refractivity contribution in [2.24, 2.45) is 5.92 Å². The number of nitrogens with zero attached hydrogens (tertiary/aromatic N) is 5. The van der Waals surface area contributed by atoms with Gasteiger partial charge in [-0.2, -0.15) is 5.26 Å². The lowest BCUT2D eigenvalue weighted by Gasteiger charge is -2.38. The number of hydrogen-bond acceptors (Lipinski definition) is 17. The van der Waals surface area contributed by atoms with Crippen LogP contribution < -0.4 is 33.7 Å². The second kappa shape index (κ2) is 25.8. The molecule has 67 heavy (non-hydrogen) atoms. The lowest BCUT2D eigenvalue weighted by molar-refractivity contribution is -0.0542. The van der Waals surface area contributed by atoms with Crippen LogP contribution in [0, 0.1) is 17.2 Å². The Kier molecular flexibility index (Phi) is 14.1. The van der Waals surface area contributed by atoms with E-state index in [1.54, 1.807) is 6.92 Å². The molecule has 24 heteroatoms. The van der Waals surface area contributed by atoms with Crippen LogP contribution in [-0.2, 0) is 37.5 Å². The molecule has 374 valence electrons. The molecule has 3 saturated heterocycles. The number of ether oxygens (including phenoxy) is 6. The molecule has 3 aromatic heterocycles. The number of nitrogens with one attached hydrogen (secondary N) is 3. The average molecular weight is 982 g/mol. The number of rotatable bonds is 17. The SMILES string of the molecule is [2H]C([2H])([2H])O[C@@H]1[C@H](C)[C@@H](C([2H])([2H])C)O[C@H]1n1ccc(=O)[nH]c1=O.[2H]C([2H])([2H])O[C@@H]1[C@H](O)[C@@H](C([2H])([2H])C)O[C@H]1n1ccc(=O)[nH]c1=O.[2H]C([2H])([2H])O[C@@H]1[C@H](OP(OCCC#N)N(C(C)C)C(C)C)[C@@H](C([2H])([2H])C)O[C@H]1n1ccc(=O)[nH]c1=O. The minimum Gasteiger partial charge on any atom is -0.388 e. The first-order valence-electron chi connectivity index (χ1n) is 28.2. The first-order chi connectivity index (χ1) is 37.4. The molecule has 4 N–H and O–H groups in total. The minimum atomic E-state index is -2.95. The number of H-pyrrole nitrogens is 3. The van der Waals surface area contributed by atoms with E-state index in [2.05, 4.69) is 4.98 Å². The van der Waals surface area contributed by atoms with E-state index in [9.17, 15) is 33.9 Å². The molecule has 3 aliphatic heterocycles. The lowest BCUT2D eigenvalue weighted by atomic mass is 9.98. The fraction of sp³-hybridized carbons (Fsp3) is 0.698. The smallest absolute Gasteiger partial charge is 0.330 e. The maximum absolute atomic E-state index is 12.5. The maximum atomic E-state index is 12.5. The number of aromatic nitrogens is 6. The van der Waals surface area contributed by atoms with E-state index in [4.69, 9.17) is 63.3 Å². The molecule has 0 radical (unpaired) electrons. The van der Waals surface area contributed by atoms with Crippen LogP contribution in [0.2, 0.25) is 0 Å². The van der Waals surface area contributed by atoms with Crippen LogP contribution in [0.25, 0.3) is 0 Å². The van der Waals surface area contributed by atoms with Crippen molar-refractivity contribution >= 4 is 8.53 Å². The van der Waals surface area contributed by atoms with Crippen molar-refractivity contribution in [1.29, 1.82) is 5.26 Å². The van der Waals surface area contributed by atoms with E-state index in [0.29, 0.717) is 0 Å². The van der Waals surface area contributed by atoms with E-state index in [1.165, 1.54) is 20.0 Å². The fourth-order valence-electron chi connectivity index (χ4n) is 7.36. The normalized spacial score (nSPS) is 33.0. The summed E-state index contributed by atoms with van der Waals surface area (Å²) in [5, 5.41) is 19.2. The summed E-state index contributed by atoms with van der Waals surface area (Å²) in [6.45, 7) is 13.0. The van der Waals surface area contributed by atoms with Crippen molar-refractivity contribution in [3.05, 3.63) is 99.3 Å². The molecule has 3 fully saturated rings. The number of methoxy groups -OCH3 is 3. The number of aliphatic hydroxyl groups excluding tert-OH is 1. The van der Waals surface area contributed by atoms with Crippen molar-refractivity contribution in [1.82, 2.24) is 33.3 Å². The Morgan fingerprint density at radius 1 is 0.716 bits per heavy atom. The van der Waals surface area contributed by atoms with Gasteiger partial charge in [0, 0.05) is 84.1 Å². The van der Waals surface area contributed by atoms with Crippen molar-refractivity contribution < 1.29 is 63.1 Å². The standard InChI is InChI=1S/C20H33N4O6P.C12H18N2O4.C11H16N2O5/c1-7-15-17(30-31(28-12-8-10-21)24(13(2)3)14(4)5)18(27-6)19(29-15)23-11-9-16(25)22-20(23)26;1-4-8-7(2)10(17-3)11(18-8)14-6-5-9(15)13-12(14)16;1-3-6-8(15)9(17-2)10(18-6)13-5-4-7(14)12-11(13)16/h9,11,13-15,17-19H,7-8,12H2,1-6H3,(H,22,25,26);5-8,10-11H,4H2,1-3H3,(H,13,15,16);4-6,8-10,15H,3H2,1-2H3,(H,12,14,16)/t15-,17-,18-,19-,31?;7-,8-,10-,11-;6-,8-,9-,10-/m111/s1/i6D3,7D2;3D3,4D2;2D3,3D2. The largest absolute Gasteiger partial charge is 0.388 e. The Labute approximate surface area is 409 Å². The van der Waals surface area contributed by atoms with E-state index in [1.807, 2.05) is 48.4 Å². The van der Waals surface area contributed by atoms with Crippen molar-refractivity contribution in [3.63, 3.8) is 0 Å². The summed E-state index contributed by atoms with van der Waals surface area (Å²) >= 11 is 0. The van der Waals surface area contributed by atoms with Crippen molar-refractivity contribution in [2.45, 2.75) is 161 Å². The molecule has 6 heterocycles. The molecule has 0 aliphatic carbocycles. The minimum absolute atomic E-state index is 0.0308. The molecule has 0 amide bonds. The first-order valence-corrected chi connectivity index (χ1v) is 21.9. The molecule has 0 spiro atoms. The fourth-order valence-corrected chi connectivity index (χ4v) is 9.10. The lowest BCUT2D eigenvalue weighted by Crippen LogP contribution is -2.41. The van der Waals surface area contributed by atoms with E-state index in [-0.39, 0.29) is 25.1 Å². The molecule has 13 atom stereocenters. The summed E-state index contributed by atoms with van der Waals surface area (Å²) in [6, 6.07) is 4.97. The van der Waals surface area contributed by atoms with Gasteiger partial charge < -0.3 is 42.6 Å². The van der Waals surface area contributed by atoms with Crippen LogP contribution >= 0.6 is 8.53 Å². The van der Waals surface area contributed by atoms with Gasteiger partial charge in [0.15, 0.2) is 18.7 Å². The number of aromatic amines is 3. The van der Waals surface area contributed by atoms with Crippen LogP contribution in [0.5, 0.6) is 0 Å². The van der Waals surface area contributed by atoms with Crippen LogP contribution in [0.15, 0.2) is 65.6 Å². The molecule has 0 bridgehead atoms. The summed E-state index contributed by atoms with van der Waals surface area (Å²) in [5.41, 5.74) is -4.51. The highest BCUT2D eigenvalue weighted by Crippen LogP contribution is 2.50. The van der Waals surface area contributed by atoms with Gasteiger partial charge in [0.25, 0.3) is 25.2 Å². The monoisotopic (exact) mass is 982 g/mol. The van der Waals surface area contributed by atoms with Crippen molar-refractivity contribution in [2.75, 3.05) is 27.7 Å². The Balaban J connectivity index is 0.000000275. The van der Waals surface area contributed by atoms with Crippen LogP contribution in [0.1, 0.15) is 120 Å². The second-order valence-electron chi connectivity index (χ2n) is 15.5. The van der Waals surface area contributed by atoms with E-state index < -0.39 is 156 Å². The van der Waals surface area contributed by atoms with Gasteiger partial charge in [-0.1, -0.05) is 27.7 Å². The second-order valence-corrected chi connectivity index (χ2v) is 16.9. The molecule has 0 saturated carbocycles.